The SMILES string of the molecule is CCN(CC(=O)O)C(=O)NCc1cnc[nH]1. The first-order valence-electron chi connectivity index (χ1n) is 4.85. The van der Waals surface area contributed by atoms with Gasteiger partial charge in [0.25, 0.3) is 0 Å². The fourth-order valence-electron chi connectivity index (χ4n) is 1.15. The molecule has 0 aromatic carbocycles. The molecular formula is C9H14N4O3. The van der Waals surface area contributed by atoms with E-state index < -0.39 is 12.0 Å². The summed E-state index contributed by atoms with van der Waals surface area (Å²) >= 11 is 0. The van der Waals surface area contributed by atoms with Crippen LogP contribution < -0.4 is 5.32 Å². The third kappa shape index (κ3) is 3.60. The Hall–Kier alpha value is -2.05. The predicted octanol–water partition coefficient (Wildman–Crippen LogP) is 0.0258. The van der Waals surface area contributed by atoms with Crippen LogP contribution in [0, 0.1) is 0 Å². The van der Waals surface area contributed by atoms with Gasteiger partial charge in [-0.3, -0.25) is 4.79 Å². The van der Waals surface area contributed by atoms with Crippen molar-refractivity contribution in [2.75, 3.05) is 13.1 Å². The molecule has 0 radical (unpaired) electrons. The van der Waals surface area contributed by atoms with Crippen molar-refractivity contribution in [3.8, 4) is 0 Å². The number of nitrogens with one attached hydrogen (secondary N) is 2. The summed E-state index contributed by atoms with van der Waals surface area (Å²) in [7, 11) is 0. The van der Waals surface area contributed by atoms with Gasteiger partial charge in [-0.1, -0.05) is 0 Å². The standard InChI is InChI=1S/C9H14N4O3/c1-2-13(5-8(14)15)9(16)11-4-7-3-10-6-12-7/h3,6H,2,4-5H2,1H3,(H,10,12)(H,11,16)(H,14,15). The Morgan fingerprint density at radius 2 is 2.38 bits per heavy atom. The van der Waals surface area contributed by atoms with Crippen molar-refractivity contribution in [3.63, 3.8) is 0 Å². The largest absolute Gasteiger partial charge is 0.480 e. The number of amides is 2. The van der Waals surface area contributed by atoms with Crippen LogP contribution in [0.3, 0.4) is 0 Å². The summed E-state index contributed by atoms with van der Waals surface area (Å²) in [5.41, 5.74) is 0.764. The van der Waals surface area contributed by atoms with Crippen molar-refractivity contribution in [1.82, 2.24) is 20.2 Å². The van der Waals surface area contributed by atoms with Crippen LogP contribution in [0.25, 0.3) is 0 Å². The van der Waals surface area contributed by atoms with Gasteiger partial charge in [-0.05, 0) is 6.92 Å². The van der Waals surface area contributed by atoms with E-state index in [1.165, 1.54) is 11.2 Å². The van der Waals surface area contributed by atoms with Crippen LogP contribution in [0.15, 0.2) is 12.5 Å². The van der Waals surface area contributed by atoms with Crippen molar-refractivity contribution < 1.29 is 14.7 Å². The number of carbonyl (C=O) groups is 2. The molecule has 0 saturated carbocycles. The van der Waals surface area contributed by atoms with Crippen LogP contribution in [-0.2, 0) is 11.3 Å². The van der Waals surface area contributed by atoms with Gasteiger partial charge in [0.1, 0.15) is 6.54 Å². The molecule has 88 valence electrons. The normalized spacial score (nSPS) is 9.81. The number of aromatic nitrogens is 2. The van der Waals surface area contributed by atoms with Gasteiger partial charge in [-0.15, -0.1) is 0 Å². The average Bonchev–Trinajstić information content (AvgIpc) is 2.75. The van der Waals surface area contributed by atoms with Crippen LogP contribution in [0.2, 0.25) is 0 Å². The van der Waals surface area contributed by atoms with Crippen molar-refractivity contribution in [2.45, 2.75) is 13.5 Å². The quantitative estimate of drug-likeness (QED) is 0.659. The van der Waals surface area contributed by atoms with Crippen molar-refractivity contribution in [3.05, 3.63) is 18.2 Å². The molecule has 16 heavy (non-hydrogen) atoms. The van der Waals surface area contributed by atoms with Gasteiger partial charge >= 0.3 is 12.0 Å². The molecule has 0 aliphatic heterocycles. The molecule has 0 aliphatic rings. The van der Waals surface area contributed by atoms with E-state index in [-0.39, 0.29) is 6.54 Å². The van der Waals surface area contributed by atoms with Gasteiger partial charge in [0.15, 0.2) is 0 Å². The van der Waals surface area contributed by atoms with Crippen LogP contribution >= 0.6 is 0 Å². The highest BCUT2D eigenvalue weighted by Gasteiger charge is 2.14. The number of imidazole rings is 1. The fourth-order valence-corrected chi connectivity index (χ4v) is 1.15. The summed E-state index contributed by atoms with van der Waals surface area (Å²) in [6, 6.07) is -0.403. The molecule has 1 heterocycles. The molecule has 0 spiro atoms. The van der Waals surface area contributed by atoms with E-state index in [0.717, 1.165) is 5.69 Å². The maximum Gasteiger partial charge on any atom is 0.323 e. The molecule has 2 amide bonds. The summed E-state index contributed by atoms with van der Waals surface area (Å²) in [4.78, 5) is 29.8. The Morgan fingerprint density at radius 1 is 1.62 bits per heavy atom. The molecule has 0 fully saturated rings. The minimum absolute atomic E-state index is 0.300. The summed E-state index contributed by atoms with van der Waals surface area (Å²) in [5.74, 6) is -1.03. The lowest BCUT2D eigenvalue weighted by atomic mass is 10.4. The number of rotatable bonds is 5. The Morgan fingerprint density at radius 3 is 2.88 bits per heavy atom. The number of carboxylic acid groups (broad SMARTS) is 1. The van der Waals surface area contributed by atoms with Gasteiger partial charge in [0, 0.05) is 12.7 Å². The van der Waals surface area contributed by atoms with Gasteiger partial charge < -0.3 is 20.3 Å². The molecule has 0 saturated heterocycles. The first-order valence-corrected chi connectivity index (χ1v) is 4.85. The number of hydrogen-bond acceptors (Lipinski definition) is 3. The van der Waals surface area contributed by atoms with E-state index in [2.05, 4.69) is 15.3 Å². The molecule has 0 unspecified atom stereocenters. The second-order valence-electron chi connectivity index (χ2n) is 3.14. The topological polar surface area (TPSA) is 98.3 Å². The Bertz CT molecular complexity index is 350. The Labute approximate surface area is 92.5 Å². The van der Waals surface area contributed by atoms with E-state index in [4.69, 9.17) is 5.11 Å². The zero-order valence-corrected chi connectivity index (χ0v) is 8.93. The third-order valence-electron chi connectivity index (χ3n) is 1.98. The smallest absolute Gasteiger partial charge is 0.323 e. The molecule has 1 aromatic heterocycles. The number of urea groups is 1. The summed E-state index contributed by atoms with van der Waals surface area (Å²) in [5, 5.41) is 11.2. The molecule has 1 rings (SSSR count). The number of carbonyl (C=O) groups excluding carboxylic acids is 1. The van der Waals surface area contributed by atoms with E-state index >= 15 is 0 Å². The fraction of sp³-hybridized carbons (Fsp3) is 0.444. The van der Waals surface area contributed by atoms with Gasteiger partial charge in [-0.25, -0.2) is 9.78 Å². The molecule has 3 N–H and O–H groups in total. The number of H-pyrrole nitrogens is 1. The van der Waals surface area contributed by atoms with Crippen LogP contribution in [0.1, 0.15) is 12.6 Å². The van der Waals surface area contributed by atoms with Crippen LogP contribution in [-0.4, -0.2) is 45.1 Å². The first kappa shape index (κ1) is 12.0. The molecule has 0 bridgehead atoms. The maximum absolute atomic E-state index is 11.5. The average molecular weight is 226 g/mol. The molecular weight excluding hydrogens is 212 g/mol. The lowest BCUT2D eigenvalue weighted by Gasteiger charge is -2.18. The lowest BCUT2D eigenvalue weighted by Crippen LogP contribution is -2.42. The molecule has 1 aromatic rings. The van der Waals surface area contributed by atoms with E-state index in [0.29, 0.717) is 13.1 Å². The Balaban J connectivity index is 2.40. The van der Waals surface area contributed by atoms with Crippen LogP contribution in [0.4, 0.5) is 4.79 Å². The molecule has 7 nitrogen and oxygen atoms in total. The van der Waals surface area contributed by atoms with Crippen LogP contribution in [0.5, 0.6) is 0 Å². The predicted molar refractivity (Wildman–Crippen MR) is 55.7 cm³/mol. The van der Waals surface area contributed by atoms with Crippen molar-refractivity contribution in [1.29, 1.82) is 0 Å². The minimum Gasteiger partial charge on any atom is -0.480 e. The van der Waals surface area contributed by atoms with Crippen molar-refractivity contribution in [2.24, 2.45) is 0 Å². The number of nitrogens with zero attached hydrogens (tertiary/aromatic N) is 2. The highest BCUT2D eigenvalue weighted by atomic mass is 16.4. The zero-order valence-electron chi connectivity index (χ0n) is 8.93. The molecule has 7 heteroatoms. The zero-order chi connectivity index (χ0) is 12.0. The summed E-state index contributed by atoms with van der Waals surface area (Å²) in [6.07, 6.45) is 3.10. The highest BCUT2D eigenvalue weighted by Crippen LogP contribution is 1.93. The van der Waals surface area contributed by atoms with Gasteiger partial charge in [0.2, 0.25) is 0 Å². The van der Waals surface area contributed by atoms with Gasteiger partial charge in [-0.2, -0.15) is 0 Å². The van der Waals surface area contributed by atoms with Gasteiger partial charge in [0.05, 0.1) is 18.6 Å². The van der Waals surface area contributed by atoms with E-state index in [1.54, 1.807) is 13.1 Å². The third-order valence-corrected chi connectivity index (χ3v) is 1.98. The molecule has 0 atom stereocenters. The summed E-state index contributed by atoms with van der Waals surface area (Å²) < 4.78 is 0. The number of aliphatic carboxylic acids is 1. The highest BCUT2D eigenvalue weighted by molar-refractivity contribution is 5.79. The first-order chi connectivity index (χ1) is 7.63. The van der Waals surface area contributed by atoms with Crippen molar-refractivity contribution >= 4 is 12.0 Å². The second-order valence-corrected chi connectivity index (χ2v) is 3.14. The Kier molecular flexibility index (Phi) is 4.31. The summed E-state index contributed by atoms with van der Waals surface area (Å²) in [6.45, 7) is 2.07. The number of hydrogen-bond donors (Lipinski definition) is 3. The monoisotopic (exact) mass is 226 g/mol. The maximum atomic E-state index is 11.5. The van der Waals surface area contributed by atoms with E-state index in [9.17, 15) is 9.59 Å². The number of carboxylic acids is 1. The lowest BCUT2D eigenvalue weighted by molar-refractivity contribution is -0.137. The minimum atomic E-state index is -1.03. The second kappa shape index (κ2) is 5.74. The molecule has 0 aliphatic carbocycles. The number of aromatic amines is 1. The number of likely N-dealkylation sites (N-methyl/N-ethyl adjacent to an activating group) is 1. The van der Waals surface area contributed by atoms with E-state index in [1.807, 2.05) is 0 Å².